The molecule has 0 aliphatic heterocycles. The van der Waals surface area contributed by atoms with E-state index in [1.54, 1.807) is 36.2 Å². The molecule has 0 aliphatic carbocycles. The zero-order valence-electron chi connectivity index (χ0n) is 13.4. The zero-order valence-corrected chi connectivity index (χ0v) is 14.2. The van der Waals surface area contributed by atoms with E-state index in [-0.39, 0.29) is 23.2 Å². The van der Waals surface area contributed by atoms with Crippen molar-refractivity contribution in [3.8, 4) is 0 Å². The van der Waals surface area contributed by atoms with Crippen LogP contribution in [0.2, 0.25) is 5.02 Å². The minimum atomic E-state index is -0.268. The zero-order chi connectivity index (χ0) is 17.3. The van der Waals surface area contributed by atoms with Crippen molar-refractivity contribution < 1.29 is 4.79 Å². The number of carbonyl (C=O) groups is 1. The van der Waals surface area contributed by atoms with Crippen LogP contribution in [-0.4, -0.2) is 22.8 Å². The predicted octanol–water partition coefficient (Wildman–Crippen LogP) is 4.01. The van der Waals surface area contributed by atoms with Gasteiger partial charge >= 0.3 is 0 Å². The van der Waals surface area contributed by atoms with Gasteiger partial charge in [-0.2, -0.15) is 0 Å². The summed E-state index contributed by atoms with van der Waals surface area (Å²) in [4.78, 5) is 29.2. The highest BCUT2D eigenvalue weighted by Gasteiger charge is 2.21. The quantitative estimate of drug-likeness (QED) is 0.783. The van der Waals surface area contributed by atoms with Crippen LogP contribution in [0.1, 0.15) is 29.0 Å². The third-order valence-corrected chi connectivity index (χ3v) is 4.58. The fourth-order valence-electron chi connectivity index (χ4n) is 2.71. The van der Waals surface area contributed by atoms with Crippen molar-refractivity contribution in [2.45, 2.75) is 13.0 Å². The van der Waals surface area contributed by atoms with Gasteiger partial charge < -0.3 is 9.88 Å². The Bertz CT molecular complexity index is 965. The molecule has 1 heterocycles. The Morgan fingerprint density at radius 3 is 2.54 bits per heavy atom. The number of nitrogens with one attached hydrogen (secondary N) is 1. The van der Waals surface area contributed by atoms with E-state index >= 15 is 0 Å². The van der Waals surface area contributed by atoms with E-state index in [0.29, 0.717) is 10.4 Å². The molecule has 0 spiro atoms. The summed E-state index contributed by atoms with van der Waals surface area (Å²) in [5.74, 6) is -0.259. The predicted molar refractivity (Wildman–Crippen MR) is 96.5 cm³/mol. The summed E-state index contributed by atoms with van der Waals surface area (Å²) in [6.07, 6.45) is 0. The first-order valence-electron chi connectivity index (χ1n) is 7.62. The lowest BCUT2D eigenvalue weighted by Gasteiger charge is -2.26. The first-order valence-corrected chi connectivity index (χ1v) is 8.00. The minimum absolute atomic E-state index is 0.221. The number of benzene rings is 2. The molecule has 0 radical (unpaired) electrons. The molecule has 0 aliphatic rings. The Morgan fingerprint density at radius 2 is 1.79 bits per heavy atom. The number of fused-ring (bicyclic) bond motifs is 1. The van der Waals surface area contributed by atoms with Crippen LogP contribution in [0.4, 0.5) is 0 Å². The van der Waals surface area contributed by atoms with Gasteiger partial charge in [0, 0.05) is 17.5 Å². The van der Waals surface area contributed by atoms with Crippen molar-refractivity contribution in [1.82, 2.24) is 9.88 Å². The van der Waals surface area contributed by atoms with E-state index < -0.39 is 0 Å². The molecule has 0 unspecified atom stereocenters. The molecule has 1 atom stereocenters. The summed E-state index contributed by atoms with van der Waals surface area (Å²) < 4.78 is 0. The summed E-state index contributed by atoms with van der Waals surface area (Å²) in [7, 11) is 1.70. The minimum Gasteiger partial charge on any atom is -0.334 e. The van der Waals surface area contributed by atoms with Crippen LogP contribution in [0, 0.1) is 0 Å². The second-order valence-corrected chi connectivity index (χ2v) is 6.12. The van der Waals surface area contributed by atoms with E-state index in [9.17, 15) is 9.59 Å². The Balaban J connectivity index is 1.97. The van der Waals surface area contributed by atoms with Crippen LogP contribution in [-0.2, 0) is 0 Å². The Hall–Kier alpha value is -2.59. The summed E-state index contributed by atoms with van der Waals surface area (Å²) >= 11 is 6.22. The van der Waals surface area contributed by atoms with Crippen LogP contribution >= 0.6 is 11.6 Å². The summed E-state index contributed by atoms with van der Waals surface area (Å²) in [5.41, 5.74) is 0.855. The molecule has 0 saturated carbocycles. The molecule has 5 heteroatoms. The van der Waals surface area contributed by atoms with Gasteiger partial charge in [-0.05, 0) is 36.1 Å². The maximum Gasteiger partial charge on any atom is 0.270 e. The van der Waals surface area contributed by atoms with Gasteiger partial charge in [0.15, 0.2) is 0 Å². The van der Waals surface area contributed by atoms with E-state index in [1.165, 1.54) is 0 Å². The van der Waals surface area contributed by atoms with Gasteiger partial charge in [-0.15, -0.1) is 0 Å². The number of carbonyl (C=O) groups excluding carboxylic acids is 1. The number of H-pyrrole nitrogens is 1. The average Bonchev–Trinajstić information content (AvgIpc) is 2.60. The van der Waals surface area contributed by atoms with E-state index in [2.05, 4.69) is 4.98 Å². The molecule has 1 amide bonds. The monoisotopic (exact) mass is 340 g/mol. The lowest BCUT2D eigenvalue weighted by molar-refractivity contribution is 0.0736. The number of halogens is 1. The lowest BCUT2D eigenvalue weighted by Crippen LogP contribution is -2.31. The first kappa shape index (κ1) is 16.3. The van der Waals surface area contributed by atoms with Crippen LogP contribution in [0.3, 0.4) is 0 Å². The SMILES string of the molecule is C[C@@H](c1ccccc1Cl)N(C)C(=O)c1cc2ccccc2c(=O)[nH]1. The lowest BCUT2D eigenvalue weighted by atomic mass is 10.1. The normalized spacial score (nSPS) is 12.1. The van der Waals surface area contributed by atoms with E-state index in [0.717, 1.165) is 10.9 Å². The fraction of sp³-hybridized carbons (Fsp3) is 0.158. The smallest absolute Gasteiger partial charge is 0.270 e. The van der Waals surface area contributed by atoms with Gasteiger partial charge in [0.1, 0.15) is 5.69 Å². The summed E-state index contributed by atoms with van der Waals surface area (Å²) in [6, 6.07) is 16.1. The van der Waals surface area contributed by atoms with E-state index in [4.69, 9.17) is 11.6 Å². The number of hydrogen-bond acceptors (Lipinski definition) is 2. The number of nitrogens with zero attached hydrogens (tertiary/aromatic N) is 1. The third kappa shape index (κ3) is 2.93. The molecule has 3 aromatic rings. The molecule has 1 aromatic heterocycles. The largest absolute Gasteiger partial charge is 0.334 e. The molecule has 122 valence electrons. The second kappa shape index (κ2) is 6.49. The van der Waals surface area contributed by atoms with Crippen molar-refractivity contribution >= 4 is 28.3 Å². The number of pyridine rings is 1. The molecule has 4 nitrogen and oxygen atoms in total. The number of aromatic nitrogens is 1. The standard InChI is InChI=1S/C19H17ClN2O2/c1-12(14-8-5-6-10-16(14)20)22(2)19(24)17-11-13-7-3-4-9-15(13)18(23)21-17/h3-12H,1-2H3,(H,21,23)/t12-/m0/s1. The van der Waals surface area contributed by atoms with Gasteiger partial charge in [-0.3, -0.25) is 9.59 Å². The number of amides is 1. The summed E-state index contributed by atoms with van der Waals surface area (Å²) in [6.45, 7) is 1.90. The third-order valence-electron chi connectivity index (χ3n) is 4.24. The number of aromatic amines is 1. The first-order chi connectivity index (χ1) is 11.5. The Kier molecular flexibility index (Phi) is 4.40. The Labute approximate surface area is 144 Å². The molecule has 3 rings (SSSR count). The number of rotatable bonds is 3. The molecule has 0 fully saturated rings. The summed E-state index contributed by atoms with van der Waals surface area (Å²) in [5, 5.41) is 1.91. The van der Waals surface area contributed by atoms with Gasteiger partial charge in [0.2, 0.25) is 0 Å². The molecule has 24 heavy (non-hydrogen) atoms. The molecule has 1 N–H and O–H groups in total. The topological polar surface area (TPSA) is 53.2 Å². The maximum atomic E-state index is 12.8. The van der Waals surface area contributed by atoms with Gasteiger partial charge in [-0.1, -0.05) is 48.0 Å². The van der Waals surface area contributed by atoms with Gasteiger partial charge in [-0.25, -0.2) is 0 Å². The molecule has 2 aromatic carbocycles. The number of hydrogen-bond donors (Lipinski definition) is 1. The van der Waals surface area contributed by atoms with Gasteiger partial charge in [0.25, 0.3) is 11.5 Å². The second-order valence-electron chi connectivity index (χ2n) is 5.71. The van der Waals surface area contributed by atoms with Crippen molar-refractivity contribution in [2.75, 3.05) is 7.05 Å². The van der Waals surface area contributed by atoms with Crippen molar-refractivity contribution in [2.24, 2.45) is 0 Å². The Morgan fingerprint density at radius 1 is 1.12 bits per heavy atom. The van der Waals surface area contributed by atoms with Crippen LogP contribution in [0.15, 0.2) is 59.4 Å². The van der Waals surface area contributed by atoms with Crippen LogP contribution in [0.25, 0.3) is 10.8 Å². The van der Waals surface area contributed by atoms with E-state index in [1.807, 2.05) is 37.3 Å². The molecule has 0 saturated heterocycles. The van der Waals surface area contributed by atoms with Crippen LogP contribution in [0.5, 0.6) is 0 Å². The highest BCUT2D eigenvalue weighted by atomic mass is 35.5. The highest BCUT2D eigenvalue weighted by molar-refractivity contribution is 6.31. The van der Waals surface area contributed by atoms with Crippen LogP contribution < -0.4 is 5.56 Å². The molecular formula is C19H17ClN2O2. The molecule has 0 bridgehead atoms. The van der Waals surface area contributed by atoms with Crippen molar-refractivity contribution in [3.63, 3.8) is 0 Å². The molecular weight excluding hydrogens is 324 g/mol. The fourth-order valence-corrected chi connectivity index (χ4v) is 3.01. The van der Waals surface area contributed by atoms with Crippen molar-refractivity contribution in [1.29, 1.82) is 0 Å². The van der Waals surface area contributed by atoms with Crippen molar-refractivity contribution in [3.05, 3.63) is 81.2 Å². The highest BCUT2D eigenvalue weighted by Crippen LogP contribution is 2.27. The maximum absolute atomic E-state index is 12.8. The average molecular weight is 341 g/mol. The van der Waals surface area contributed by atoms with Gasteiger partial charge in [0.05, 0.1) is 6.04 Å².